The molecule has 18 heavy (non-hydrogen) atoms. The van der Waals surface area contributed by atoms with E-state index in [-0.39, 0.29) is 11.2 Å². The molecule has 5 nitrogen and oxygen atoms in total. The van der Waals surface area contributed by atoms with E-state index < -0.39 is 0 Å². The Morgan fingerprint density at radius 1 is 1.00 bits per heavy atom. The smallest absolute Gasteiger partial charge is 0.207 e. The van der Waals surface area contributed by atoms with Crippen LogP contribution in [0.3, 0.4) is 0 Å². The van der Waals surface area contributed by atoms with E-state index in [4.69, 9.17) is 9.47 Å². The first-order valence-electron chi connectivity index (χ1n) is 6.21. The minimum atomic E-state index is -0.389. The molecule has 0 heterocycles. The van der Waals surface area contributed by atoms with Crippen LogP contribution in [0.4, 0.5) is 0 Å². The number of aldehydes is 1. The van der Waals surface area contributed by atoms with E-state index in [2.05, 4.69) is 5.32 Å². The fraction of sp³-hybridized carbons (Fsp3) is 0.846. The van der Waals surface area contributed by atoms with Gasteiger partial charge in [-0.2, -0.15) is 0 Å². The highest BCUT2D eigenvalue weighted by Gasteiger charge is 2.22. The van der Waals surface area contributed by atoms with Crippen LogP contribution in [0, 0.1) is 0 Å². The number of hydrogen-bond donors (Lipinski definition) is 1. The molecule has 0 rings (SSSR count). The molecule has 0 fully saturated rings. The average molecular weight is 259 g/mol. The molecular weight excluding hydrogens is 234 g/mol. The van der Waals surface area contributed by atoms with E-state index >= 15 is 0 Å². The molecule has 0 spiro atoms. The molecule has 0 aromatic carbocycles. The second-order valence-corrected chi connectivity index (χ2v) is 5.42. The van der Waals surface area contributed by atoms with Crippen LogP contribution >= 0.6 is 0 Å². The third-order valence-corrected chi connectivity index (χ3v) is 2.54. The molecule has 1 amide bonds. The number of amides is 1. The topological polar surface area (TPSA) is 64.6 Å². The number of carbonyl (C=O) groups excluding carboxylic acids is 2. The van der Waals surface area contributed by atoms with Crippen molar-refractivity contribution < 1.29 is 19.1 Å². The van der Waals surface area contributed by atoms with Crippen LogP contribution in [0.25, 0.3) is 0 Å². The van der Waals surface area contributed by atoms with Crippen molar-refractivity contribution in [1.82, 2.24) is 5.32 Å². The summed E-state index contributed by atoms with van der Waals surface area (Å²) in [6.07, 6.45) is 2.66. The van der Waals surface area contributed by atoms with E-state index in [9.17, 15) is 9.59 Å². The van der Waals surface area contributed by atoms with Crippen molar-refractivity contribution in [1.29, 1.82) is 0 Å². The molecule has 0 atom stereocenters. The van der Waals surface area contributed by atoms with Crippen molar-refractivity contribution >= 4 is 12.7 Å². The van der Waals surface area contributed by atoms with E-state index in [1.54, 1.807) is 0 Å². The van der Waals surface area contributed by atoms with Gasteiger partial charge in [-0.15, -0.1) is 0 Å². The van der Waals surface area contributed by atoms with Crippen molar-refractivity contribution in [3.63, 3.8) is 0 Å². The van der Waals surface area contributed by atoms with E-state index in [0.717, 1.165) is 12.7 Å². The van der Waals surface area contributed by atoms with Gasteiger partial charge in [0.05, 0.1) is 24.4 Å². The van der Waals surface area contributed by atoms with Crippen molar-refractivity contribution in [2.24, 2.45) is 0 Å². The molecule has 0 aromatic heterocycles. The van der Waals surface area contributed by atoms with Crippen molar-refractivity contribution in [3.05, 3.63) is 0 Å². The maximum absolute atomic E-state index is 10.2. The molecule has 0 aliphatic heterocycles. The normalized spacial score (nSPS) is 12.2. The first-order chi connectivity index (χ1) is 8.33. The Morgan fingerprint density at radius 2 is 1.61 bits per heavy atom. The second kappa shape index (κ2) is 8.21. The third kappa shape index (κ3) is 9.13. The van der Waals surface area contributed by atoms with Crippen molar-refractivity contribution in [2.75, 3.05) is 19.8 Å². The Morgan fingerprint density at radius 3 is 2.17 bits per heavy atom. The molecule has 0 saturated carbocycles. The Balaban J connectivity index is 3.86. The highest BCUT2D eigenvalue weighted by Crippen LogP contribution is 2.17. The molecular formula is C13H25NO4. The second-order valence-electron chi connectivity index (χ2n) is 5.42. The molecule has 1 N–H and O–H groups in total. The van der Waals surface area contributed by atoms with Crippen LogP contribution in [0.5, 0.6) is 0 Å². The fourth-order valence-electron chi connectivity index (χ4n) is 1.37. The highest BCUT2D eigenvalue weighted by atomic mass is 16.5. The van der Waals surface area contributed by atoms with E-state index in [1.165, 1.54) is 0 Å². The zero-order valence-corrected chi connectivity index (χ0v) is 11.8. The highest BCUT2D eigenvalue weighted by molar-refractivity contribution is 5.49. The molecule has 0 aromatic rings. The van der Waals surface area contributed by atoms with Crippen LogP contribution in [-0.2, 0) is 19.1 Å². The lowest BCUT2D eigenvalue weighted by Crippen LogP contribution is -2.38. The predicted octanol–water partition coefficient (Wildman–Crippen LogP) is 1.30. The summed E-state index contributed by atoms with van der Waals surface area (Å²) in [5, 5.41) is 2.60. The Labute approximate surface area is 109 Å². The molecule has 0 bridgehead atoms. The van der Waals surface area contributed by atoms with Crippen molar-refractivity contribution in [3.8, 4) is 0 Å². The first-order valence-corrected chi connectivity index (χ1v) is 6.21. The zero-order valence-electron chi connectivity index (χ0n) is 11.8. The maximum Gasteiger partial charge on any atom is 0.207 e. The first kappa shape index (κ1) is 17.1. The van der Waals surface area contributed by atoms with Gasteiger partial charge in [0.25, 0.3) is 0 Å². The van der Waals surface area contributed by atoms with Gasteiger partial charge in [-0.05, 0) is 34.1 Å². The number of rotatable bonds is 11. The lowest BCUT2D eigenvalue weighted by atomic mass is 10.1. The molecule has 106 valence electrons. The number of carbonyl (C=O) groups is 2. The van der Waals surface area contributed by atoms with Crippen LogP contribution in [-0.4, -0.2) is 43.7 Å². The monoisotopic (exact) mass is 259 g/mol. The Kier molecular flexibility index (Phi) is 7.78. The summed E-state index contributed by atoms with van der Waals surface area (Å²) in [5.41, 5.74) is -0.697. The largest absolute Gasteiger partial charge is 0.375 e. The van der Waals surface area contributed by atoms with Gasteiger partial charge in [-0.25, -0.2) is 0 Å². The summed E-state index contributed by atoms with van der Waals surface area (Å²) < 4.78 is 11.3. The number of nitrogens with one attached hydrogen (secondary N) is 1. The van der Waals surface area contributed by atoms with Gasteiger partial charge >= 0.3 is 0 Å². The van der Waals surface area contributed by atoms with Gasteiger partial charge in [0.15, 0.2) is 0 Å². The zero-order chi connectivity index (χ0) is 14.1. The molecule has 0 aliphatic carbocycles. The molecule has 0 saturated heterocycles. The molecule has 0 aliphatic rings. The lowest BCUT2D eigenvalue weighted by molar-refractivity contribution is -0.113. The summed E-state index contributed by atoms with van der Waals surface area (Å²) in [6, 6.07) is 0. The Bertz CT molecular complexity index is 251. The molecule has 0 radical (unpaired) electrons. The predicted molar refractivity (Wildman–Crippen MR) is 69.4 cm³/mol. The van der Waals surface area contributed by atoms with Gasteiger partial charge < -0.3 is 19.6 Å². The minimum Gasteiger partial charge on any atom is -0.375 e. The summed E-state index contributed by atoms with van der Waals surface area (Å²) in [7, 11) is 0. The van der Waals surface area contributed by atoms with Gasteiger partial charge in [0.1, 0.15) is 6.29 Å². The quantitative estimate of drug-likeness (QED) is 0.449. The van der Waals surface area contributed by atoms with E-state index in [1.807, 2.05) is 27.7 Å². The summed E-state index contributed by atoms with van der Waals surface area (Å²) >= 11 is 0. The molecule has 5 heteroatoms. The van der Waals surface area contributed by atoms with E-state index in [0.29, 0.717) is 32.6 Å². The van der Waals surface area contributed by atoms with Crippen LogP contribution in [0.2, 0.25) is 0 Å². The number of hydrogen-bond acceptors (Lipinski definition) is 4. The third-order valence-electron chi connectivity index (χ3n) is 2.54. The summed E-state index contributed by atoms with van der Waals surface area (Å²) in [4.78, 5) is 20.4. The van der Waals surface area contributed by atoms with Gasteiger partial charge in [0.2, 0.25) is 6.41 Å². The summed E-state index contributed by atoms with van der Waals surface area (Å²) in [6.45, 7) is 9.24. The standard InChI is InChI=1S/C13H25NO4/c1-12(2,17-8-5-7-15)6-9-18-13(3,4)10-14-11-16/h7,11H,5-6,8-10H2,1-4H3,(H,14,16). The summed E-state index contributed by atoms with van der Waals surface area (Å²) in [5.74, 6) is 0. The fourth-order valence-corrected chi connectivity index (χ4v) is 1.37. The van der Waals surface area contributed by atoms with Gasteiger partial charge in [-0.3, -0.25) is 4.79 Å². The van der Waals surface area contributed by atoms with Gasteiger partial charge in [-0.1, -0.05) is 0 Å². The van der Waals surface area contributed by atoms with Crippen molar-refractivity contribution in [2.45, 2.75) is 51.7 Å². The SMILES string of the molecule is CC(C)(CCOC(C)(C)CNC=O)OCCC=O. The van der Waals surface area contributed by atoms with Crippen LogP contribution < -0.4 is 5.32 Å². The minimum absolute atomic E-state index is 0.308. The van der Waals surface area contributed by atoms with Crippen LogP contribution in [0.15, 0.2) is 0 Å². The van der Waals surface area contributed by atoms with Gasteiger partial charge in [0, 0.05) is 13.0 Å². The molecule has 0 unspecified atom stereocenters. The number of ether oxygens (including phenoxy) is 2. The van der Waals surface area contributed by atoms with Crippen LogP contribution in [0.1, 0.15) is 40.5 Å². The lowest BCUT2D eigenvalue weighted by Gasteiger charge is -2.29. The average Bonchev–Trinajstić information content (AvgIpc) is 2.26. The Hall–Kier alpha value is -0.940. The maximum atomic E-state index is 10.2.